The lowest BCUT2D eigenvalue weighted by molar-refractivity contribution is -0.128. The van der Waals surface area contributed by atoms with Gasteiger partial charge in [-0.15, -0.1) is 24.0 Å². The SMILES string of the molecule is CCNC(=NCC(=O)N1CCCC1)NCCN1C(=O)CNC1=O.I. The number of nitrogens with zero attached hydrogens (tertiary/aromatic N) is 3. The molecule has 0 aromatic rings. The van der Waals surface area contributed by atoms with E-state index in [1.165, 1.54) is 0 Å². The van der Waals surface area contributed by atoms with Crippen molar-refractivity contribution in [3.05, 3.63) is 0 Å². The van der Waals surface area contributed by atoms with Crippen LogP contribution in [0.5, 0.6) is 0 Å². The van der Waals surface area contributed by atoms with Gasteiger partial charge >= 0.3 is 6.03 Å². The van der Waals surface area contributed by atoms with Gasteiger partial charge in [-0.3, -0.25) is 14.5 Å². The van der Waals surface area contributed by atoms with Crippen LogP contribution in [0.1, 0.15) is 19.8 Å². The number of urea groups is 1. The molecule has 10 heteroatoms. The van der Waals surface area contributed by atoms with E-state index in [0.717, 1.165) is 30.8 Å². The summed E-state index contributed by atoms with van der Waals surface area (Å²) < 4.78 is 0. The fraction of sp³-hybridized carbons (Fsp3) is 0.714. The van der Waals surface area contributed by atoms with Crippen LogP contribution in [0.15, 0.2) is 4.99 Å². The van der Waals surface area contributed by atoms with Crippen LogP contribution < -0.4 is 16.0 Å². The van der Waals surface area contributed by atoms with Gasteiger partial charge in [0.1, 0.15) is 6.54 Å². The van der Waals surface area contributed by atoms with E-state index in [0.29, 0.717) is 19.0 Å². The number of rotatable bonds is 6. The van der Waals surface area contributed by atoms with Gasteiger partial charge in [0.05, 0.1) is 6.54 Å². The first kappa shape index (κ1) is 20.5. The van der Waals surface area contributed by atoms with Crippen LogP contribution in [0, 0.1) is 0 Å². The third-order valence-corrected chi connectivity index (χ3v) is 3.74. The zero-order chi connectivity index (χ0) is 16.7. The number of nitrogens with one attached hydrogen (secondary N) is 3. The van der Waals surface area contributed by atoms with Crippen LogP contribution in [0.25, 0.3) is 0 Å². The number of carbonyl (C=O) groups is 3. The van der Waals surface area contributed by atoms with Gasteiger partial charge < -0.3 is 20.9 Å². The molecule has 2 fully saturated rings. The maximum atomic E-state index is 12.0. The molecule has 2 saturated heterocycles. The highest BCUT2D eigenvalue weighted by Crippen LogP contribution is 2.07. The molecule has 9 nitrogen and oxygen atoms in total. The third-order valence-electron chi connectivity index (χ3n) is 3.74. The van der Waals surface area contributed by atoms with Crippen molar-refractivity contribution in [2.75, 3.05) is 45.8 Å². The molecule has 0 aromatic heterocycles. The Kier molecular flexibility index (Phi) is 8.79. The number of aliphatic imine (C=N–C) groups is 1. The van der Waals surface area contributed by atoms with Gasteiger partial charge in [-0.05, 0) is 19.8 Å². The van der Waals surface area contributed by atoms with Crippen LogP contribution >= 0.6 is 24.0 Å². The predicted molar refractivity (Wildman–Crippen MR) is 100 cm³/mol. The molecule has 136 valence electrons. The fourth-order valence-electron chi connectivity index (χ4n) is 2.52. The second kappa shape index (κ2) is 10.3. The summed E-state index contributed by atoms with van der Waals surface area (Å²) in [6.07, 6.45) is 2.11. The van der Waals surface area contributed by atoms with Gasteiger partial charge in [0.2, 0.25) is 11.8 Å². The molecule has 0 atom stereocenters. The van der Waals surface area contributed by atoms with Crippen LogP contribution in [-0.4, -0.2) is 79.4 Å². The molecular weight excluding hydrogens is 427 g/mol. The molecule has 0 radical (unpaired) electrons. The van der Waals surface area contributed by atoms with E-state index in [9.17, 15) is 14.4 Å². The number of halogens is 1. The molecule has 3 N–H and O–H groups in total. The Labute approximate surface area is 158 Å². The van der Waals surface area contributed by atoms with Gasteiger partial charge in [0, 0.05) is 32.7 Å². The summed E-state index contributed by atoms with van der Waals surface area (Å²) in [5.74, 6) is 0.295. The number of imide groups is 1. The van der Waals surface area contributed by atoms with E-state index >= 15 is 0 Å². The molecule has 0 unspecified atom stereocenters. The molecular formula is C14H25IN6O3. The van der Waals surface area contributed by atoms with Gasteiger partial charge in [0.15, 0.2) is 5.96 Å². The molecule has 0 spiro atoms. The van der Waals surface area contributed by atoms with Crippen molar-refractivity contribution in [2.24, 2.45) is 4.99 Å². The lowest BCUT2D eigenvalue weighted by Crippen LogP contribution is -2.43. The molecule has 2 aliphatic heterocycles. The van der Waals surface area contributed by atoms with Crippen molar-refractivity contribution in [2.45, 2.75) is 19.8 Å². The highest BCUT2D eigenvalue weighted by molar-refractivity contribution is 14.0. The second-order valence-corrected chi connectivity index (χ2v) is 5.41. The first-order chi connectivity index (χ1) is 11.1. The monoisotopic (exact) mass is 452 g/mol. The highest BCUT2D eigenvalue weighted by Gasteiger charge is 2.27. The van der Waals surface area contributed by atoms with Crippen molar-refractivity contribution in [1.82, 2.24) is 25.8 Å². The minimum Gasteiger partial charge on any atom is -0.357 e. The van der Waals surface area contributed by atoms with Crippen molar-refractivity contribution >= 4 is 47.8 Å². The smallest absolute Gasteiger partial charge is 0.324 e. The molecule has 2 aliphatic rings. The van der Waals surface area contributed by atoms with Crippen LogP contribution in [-0.2, 0) is 9.59 Å². The lowest BCUT2D eigenvalue weighted by atomic mass is 10.4. The zero-order valence-electron chi connectivity index (χ0n) is 13.8. The molecule has 2 heterocycles. The van der Waals surface area contributed by atoms with E-state index in [4.69, 9.17) is 0 Å². The summed E-state index contributed by atoms with van der Waals surface area (Å²) in [6, 6.07) is -0.372. The lowest BCUT2D eigenvalue weighted by Gasteiger charge is -2.16. The van der Waals surface area contributed by atoms with E-state index in [1.807, 2.05) is 11.8 Å². The van der Waals surface area contributed by atoms with Gasteiger partial charge in [-0.2, -0.15) is 0 Å². The van der Waals surface area contributed by atoms with Crippen LogP contribution in [0.2, 0.25) is 0 Å². The summed E-state index contributed by atoms with van der Waals surface area (Å²) in [7, 11) is 0. The normalized spacial score (nSPS) is 17.6. The number of hydrogen-bond donors (Lipinski definition) is 3. The largest absolute Gasteiger partial charge is 0.357 e. The Balaban J connectivity index is 0.00000288. The first-order valence-corrected chi connectivity index (χ1v) is 8.00. The van der Waals surface area contributed by atoms with E-state index in [2.05, 4.69) is 20.9 Å². The molecule has 2 rings (SSSR count). The number of likely N-dealkylation sites (tertiary alicyclic amines) is 1. The number of hydrogen-bond acceptors (Lipinski definition) is 4. The summed E-state index contributed by atoms with van der Waals surface area (Å²) in [6.45, 7) is 4.99. The van der Waals surface area contributed by atoms with E-state index in [1.54, 1.807) is 0 Å². The Morgan fingerprint density at radius 3 is 2.54 bits per heavy atom. The second-order valence-electron chi connectivity index (χ2n) is 5.41. The maximum Gasteiger partial charge on any atom is 0.324 e. The minimum absolute atomic E-state index is 0. The van der Waals surface area contributed by atoms with Crippen molar-refractivity contribution in [3.63, 3.8) is 0 Å². The summed E-state index contributed by atoms with van der Waals surface area (Å²) in [5.41, 5.74) is 0. The Bertz CT molecular complexity index is 477. The number of amides is 4. The average Bonchev–Trinajstić information content (AvgIpc) is 3.17. The third kappa shape index (κ3) is 5.80. The standard InChI is InChI=1S/C14H24N6O3.HI/c1-2-15-13(17-9-11(21)19-6-3-4-7-19)16-5-8-20-12(22)10-18-14(20)23;/h2-10H2,1H3,(H,18,23)(H2,15,16,17);1H. The predicted octanol–water partition coefficient (Wildman–Crippen LogP) is -0.666. The molecule has 0 aliphatic carbocycles. The summed E-state index contributed by atoms with van der Waals surface area (Å²) >= 11 is 0. The van der Waals surface area contributed by atoms with Gasteiger partial charge in [-0.25, -0.2) is 9.79 Å². The minimum atomic E-state index is -0.372. The Morgan fingerprint density at radius 2 is 1.96 bits per heavy atom. The summed E-state index contributed by atoms with van der Waals surface area (Å²) in [4.78, 5) is 42.1. The fourth-order valence-corrected chi connectivity index (χ4v) is 2.52. The van der Waals surface area contributed by atoms with Gasteiger partial charge in [0.25, 0.3) is 0 Å². The molecule has 0 bridgehead atoms. The Hall–Kier alpha value is -1.59. The van der Waals surface area contributed by atoms with Crippen LogP contribution in [0.4, 0.5) is 4.79 Å². The quantitative estimate of drug-likeness (QED) is 0.215. The summed E-state index contributed by atoms with van der Waals surface area (Å²) in [5, 5.41) is 8.54. The molecule has 24 heavy (non-hydrogen) atoms. The first-order valence-electron chi connectivity index (χ1n) is 8.00. The van der Waals surface area contributed by atoms with Crippen molar-refractivity contribution in [3.8, 4) is 0 Å². The van der Waals surface area contributed by atoms with Crippen LogP contribution in [0.3, 0.4) is 0 Å². The van der Waals surface area contributed by atoms with E-state index in [-0.39, 0.29) is 61.5 Å². The van der Waals surface area contributed by atoms with Gasteiger partial charge in [-0.1, -0.05) is 0 Å². The molecule has 4 amide bonds. The Morgan fingerprint density at radius 1 is 1.25 bits per heavy atom. The van der Waals surface area contributed by atoms with Crippen molar-refractivity contribution < 1.29 is 14.4 Å². The number of guanidine groups is 1. The zero-order valence-corrected chi connectivity index (χ0v) is 16.2. The molecule has 0 saturated carbocycles. The highest BCUT2D eigenvalue weighted by atomic mass is 127. The topological polar surface area (TPSA) is 106 Å². The average molecular weight is 452 g/mol. The van der Waals surface area contributed by atoms with Crippen molar-refractivity contribution in [1.29, 1.82) is 0 Å². The number of carbonyl (C=O) groups excluding carboxylic acids is 3. The maximum absolute atomic E-state index is 12.0. The van der Waals surface area contributed by atoms with E-state index < -0.39 is 0 Å². The molecule has 0 aromatic carbocycles.